The number of hydrogen-bond donors (Lipinski definition) is 0. The summed E-state index contributed by atoms with van der Waals surface area (Å²) in [4.78, 5) is 5.06. The molecule has 0 saturated heterocycles. The maximum absolute atomic E-state index is 13.1. The van der Waals surface area contributed by atoms with Crippen LogP contribution in [0.2, 0.25) is 0 Å². The van der Waals surface area contributed by atoms with Crippen molar-refractivity contribution in [2.75, 3.05) is 13.2 Å². The second-order valence-electron chi connectivity index (χ2n) is 4.04. The van der Waals surface area contributed by atoms with Crippen molar-refractivity contribution in [2.45, 2.75) is 30.8 Å². The minimum absolute atomic E-state index is 0.262. The maximum Gasteiger partial charge on any atom is 0.283 e. The molecule has 0 aliphatic rings. The van der Waals surface area contributed by atoms with E-state index in [0.717, 1.165) is 4.90 Å². The lowest BCUT2D eigenvalue weighted by atomic mass is 10.4. The fraction of sp³-hybridized carbons (Fsp3) is 0.429. The van der Waals surface area contributed by atoms with Crippen LogP contribution >= 0.6 is 11.8 Å². The normalized spacial score (nSPS) is 11.2. The Bertz CT molecular complexity index is 559. The summed E-state index contributed by atoms with van der Waals surface area (Å²) in [5, 5.41) is 3.88. The summed E-state index contributed by atoms with van der Waals surface area (Å²) in [5.74, 6) is 1.04. The Balaban J connectivity index is 1.96. The summed E-state index contributed by atoms with van der Waals surface area (Å²) in [6.45, 7) is 4.70. The zero-order valence-electron chi connectivity index (χ0n) is 11.9. The van der Waals surface area contributed by atoms with Crippen LogP contribution in [0.4, 0.5) is 4.39 Å². The first-order chi connectivity index (χ1) is 10.2. The quantitative estimate of drug-likeness (QED) is 0.548. The third-order valence-electron chi connectivity index (χ3n) is 2.49. The van der Waals surface area contributed by atoms with Crippen LogP contribution in [0.1, 0.15) is 31.9 Å². The van der Waals surface area contributed by atoms with Crippen LogP contribution in [0.3, 0.4) is 0 Å². The van der Waals surface area contributed by atoms with E-state index < -0.39 is 6.29 Å². The highest BCUT2D eigenvalue weighted by atomic mass is 32.2. The molecule has 0 amide bonds. The molecule has 0 spiro atoms. The molecular formula is C14H17FN2O3S. The average Bonchev–Trinajstić information content (AvgIpc) is 2.94. The third-order valence-corrected chi connectivity index (χ3v) is 3.48. The highest BCUT2D eigenvalue weighted by Gasteiger charge is 2.19. The van der Waals surface area contributed by atoms with E-state index in [0.29, 0.717) is 30.7 Å². The van der Waals surface area contributed by atoms with Gasteiger partial charge < -0.3 is 14.0 Å². The molecule has 0 saturated carbocycles. The van der Waals surface area contributed by atoms with E-state index in [1.807, 2.05) is 19.9 Å². The molecule has 0 bridgehead atoms. The molecule has 0 unspecified atom stereocenters. The van der Waals surface area contributed by atoms with E-state index in [4.69, 9.17) is 14.0 Å². The fourth-order valence-electron chi connectivity index (χ4n) is 1.62. The number of nitrogens with zero attached hydrogens (tertiary/aromatic N) is 2. The molecule has 2 rings (SSSR count). The van der Waals surface area contributed by atoms with Gasteiger partial charge in [-0.2, -0.15) is 4.98 Å². The van der Waals surface area contributed by atoms with E-state index >= 15 is 0 Å². The number of ether oxygens (including phenoxy) is 2. The molecule has 1 aromatic carbocycles. The highest BCUT2D eigenvalue weighted by molar-refractivity contribution is 7.98. The van der Waals surface area contributed by atoms with Crippen molar-refractivity contribution in [3.8, 4) is 0 Å². The molecule has 0 radical (unpaired) electrons. The van der Waals surface area contributed by atoms with Crippen LogP contribution in [0.25, 0.3) is 0 Å². The number of benzene rings is 1. The molecule has 0 fully saturated rings. The molecular weight excluding hydrogens is 295 g/mol. The van der Waals surface area contributed by atoms with Gasteiger partial charge in [0.25, 0.3) is 5.89 Å². The number of thioether (sulfide) groups is 1. The van der Waals surface area contributed by atoms with Gasteiger partial charge in [0, 0.05) is 18.1 Å². The number of aromatic nitrogens is 2. The van der Waals surface area contributed by atoms with Crippen molar-refractivity contribution < 1.29 is 18.4 Å². The monoisotopic (exact) mass is 312 g/mol. The van der Waals surface area contributed by atoms with Gasteiger partial charge >= 0.3 is 0 Å². The second kappa shape index (κ2) is 8.11. The molecule has 114 valence electrons. The summed E-state index contributed by atoms with van der Waals surface area (Å²) in [5.41, 5.74) is 0. The predicted octanol–water partition coefficient (Wildman–Crippen LogP) is 3.57. The van der Waals surface area contributed by atoms with Gasteiger partial charge in [-0.25, -0.2) is 4.39 Å². The molecule has 0 N–H and O–H groups in total. The van der Waals surface area contributed by atoms with E-state index in [2.05, 4.69) is 10.1 Å². The molecule has 0 aliphatic heterocycles. The fourth-order valence-corrected chi connectivity index (χ4v) is 2.40. The number of halogens is 1. The Morgan fingerprint density at radius 2 is 2.05 bits per heavy atom. The van der Waals surface area contributed by atoms with E-state index in [-0.39, 0.29) is 5.82 Å². The second-order valence-corrected chi connectivity index (χ2v) is 5.09. The third kappa shape index (κ3) is 4.80. The van der Waals surface area contributed by atoms with Crippen LogP contribution in [-0.4, -0.2) is 23.4 Å². The lowest BCUT2D eigenvalue weighted by Crippen LogP contribution is -2.09. The summed E-state index contributed by atoms with van der Waals surface area (Å²) < 4.78 is 29.0. The molecule has 0 aliphatic carbocycles. The summed E-state index contributed by atoms with van der Waals surface area (Å²) in [7, 11) is 0. The van der Waals surface area contributed by atoms with Gasteiger partial charge in [0.2, 0.25) is 6.29 Å². The van der Waals surface area contributed by atoms with Gasteiger partial charge in [-0.05, 0) is 32.0 Å². The first kappa shape index (κ1) is 15.9. The molecule has 1 aromatic heterocycles. The smallest absolute Gasteiger partial charge is 0.283 e. The van der Waals surface area contributed by atoms with Crippen LogP contribution in [0.5, 0.6) is 0 Å². The van der Waals surface area contributed by atoms with Crippen molar-refractivity contribution in [1.82, 2.24) is 10.1 Å². The summed E-state index contributed by atoms with van der Waals surface area (Å²) in [6, 6.07) is 6.37. The topological polar surface area (TPSA) is 57.4 Å². The van der Waals surface area contributed by atoms with Gasteiger partial charge in [-0.3, -0.25) is 0 Å². The van der Waals surface area contributed by atoms with Gasteiger partial charge in [0.05, 0.1) is 5.75 Å². The summed E-state index contributed by atoms with van der Waals surface area (Å²) in [6.07, 6.45) is -0.639. The van der Waals surface area contributed by atoms with Gasteiger partial charge in [0.15, 0.2) is 5.82 Å². The lowest BCUT2D eigenvalue weighted by molar-refractivity contribution is -0.155. The van der Waals surface area contributed by atoms with E-state index in [1.165, 1.54) is 23.9 Å². The Labute approximate surface area is 126 Å². The van der Waals surface area contributed by atoms with Gasteiger partial charge in [-0.15, -0.1) is 11.8 Å². The zero-order chi connectivity index (χ0) is 15.1. The lowest BCUT2D eigenvalue weighted by Gasteiger charge is -2.11. The van der Waals surface area contributed by atoms with Crippen molar-refractivity contribution >= 4 is 11.8 Å². The van der Waals surface area contributed by atoms with E-state index in [1.54, 1.807) is 6.07 Å². The molecule has 2 aromatic rings. The highest BCUT2D eigenvalue weighted by Crippen LogP contribution is 2.23. The van der Waals surface area contributed by atoms with Crippen molar-refractivity contribution in [2.24, 2.45) is 0 Å². The number of rotatable bonds is 8. The molecule has 21 heavy (non-hydrogen) atoms. The minimum atomic E-state index is -0.639. The Hall–Kier alpha value is -1.44. The minimum Gasteiger partial charge on any atom is -0.345 e. The molecule has 5 nitrogen and oxygen atoms in total. The van der Waals surface area contributed by atoms with Crippen molar-refractivity contribution in [3.05, 3.63) is 41.8 Å². The Morgan fingerprint density at radius 3 is 2.71 bits per heavy atom. The molecule has 1 heterocycles. The van der Waals surface area contributed by atoms with Crippen LogP contribution in [0.15, 0.2) is 33.7 Å². The van der Waals surface area contributed by atoms with Gasteiger partial charge in [0.1, 0.15) is 5.82 Å². The largest absolute Gasteiger partial charge is 0.345 e. The first-order valence-corrected chi connectivity index (χ1v) is 7.65. The zero-order valence-corrected chi connectivity index (χ0v) is 12.7. The first-order valence-electron chi connectivity index (χ1n) is 6.67. The van der Waals surface area contributed by atoms with Crippen molar-refractivity contribution in [1.29, 1.82) is 0 Å². The number of hydrogen-bond acceptors (Lipinski definition) is 6. The van der Waals surface area contributed by atoms with E-state index in [9.17, 15) is 4.39 Å². The maximum atomic E-state index is 13.1. The molecule has 7 heteroatoms. The SMILES string of the molecule is CCOC(OCC)c1nc(CSc2cccc(F)c2)no1. The van der Waals surface area contributed by atoms with Crippen LogP contribution in [0, 0.1) is 5.82 Å². The standard InChI is InChI=1S/C14H17FN2O3S/c1-3-18-14(19-4-2)13-16-12(17-20-13)9-21-11-7-5-6-10(15)8-11/h5-8,14H,3-4,9H2,1-2H3. The Kier molecular flexibility index (Phi) is 6.16. The molecule has 0 atom stereocenters. The summed E-state index contributed by atoms with van der Waals surface area (Å²) >= 11 is 1.43. The van der Waals surface area contributed by atoms with Gasteiger partial charge in [-0.1, -0.05) is 11.2 Å². The van der Waals surface area contributed by atoms with Crippen LogP contribution < -0.4 is 0 Å². The Morgan fingerprint density at radius 1 is 1.29 bits per heavy atom. The van der Waals surface area contributed by atoms with Crippen LogP contribution in [-0.2, 0) is 15.2 Å². The van der Waals surface area contributed by atoms with Crippen molar-refractivity contribution in [3.63, 3.8) is 0 Å². The predicted molar refractivity (Wildman–Crippen MR) is 76.3 cm³/mol. The average molecular weight is 312 g/mol.